The Morgan fingerprint density at radius 1 is 1.83 bits per heavy atom. The molecule has 0 aromatic rings. The topological polar surface area (TPSA) is 0 Å². The molecule has 0 aromatic heterocycles. The van der Waals surface area contributed by atoms with E-state index in [1.54, 1.807) is 0 Å². The van der Waals surface area contributed by atoms with Gasteiger partial charge in [0.1, 0.15) is 0 Å². The van der Waals surface area contributed by atoms with Crippen molar-refractivity contribution in [3.63, 3.8) is 0 Å². The zero-order chi connectivity index (χ0) is 4.83. The molecule has 0 heterocycles. The highest BCUT2D eigenvalue weighted by atomic mass is 28.2. The molecular formula is C5H12Si. The van der Waals surface area contributed by atoms with Crippen molar-refractivity contribution in [1.29, 1.82) is 0 Å². The fourth-order valence-electron chi connectivity index (χ4n) is 0.348. The second-order valence-corrected chi connectivity index (χ2v) is 3.14. The number of hydrogen-bond donors (Lipinski definition) is 0. The van der Waals surface area contributed by atoms with Gasteiger partial charge in [-0.1, -0.05) is 18.7 Å². The molecule has 0 aliphatic carbocycles. The van der Waals surface area contributed by atoms with Crippen LogP contribution in [0.2, 0.25) is 12.6 Å². The maximum Gasteiger partial charge on any atom is 0.0170 e. The molecule has 0 spiro atoms. The summed E-state index contributed by atoms with van der Waals surface area (Å²) in [4.78, 5) is 0. The Balaban J connectivity index is 2.49. The third-order valence-corrected chi connectivity index (χ3v) is 1.88. The van der Waals surface area contributed by atoms with Crippen LogP contribution in [-0.2, 0) is 0 Å². The van der Waals surface area contributed by atoms with E-state index in [1.165, 1.54) is 12.5 Å². The van der Waals surface area contributed by atoms with E-state index >= 15 is 0 Å². The molecule has 0 saturated carbocycles. The maximum absolute atomic E-state index is 3.62. The lowest BCUT2D eigenvalue weighted by Gasteiger charge is -1.80. The smallest absolute Gasteiger partial charge is 0.0170 e. The molecule has 0 aromatic carbocycles. The van der Waals surface area contributed by atoms with E-state index in [4.69, 9.17) is 0 Å². The first-order valence-electron chi connectivity index (χ1n) is 2.52. The van der Waals surface area contributed by atoms with Gasteiger partial charge in [-0.15, -0.1) is 6.58 Å². The summed E-state index contributed by atoms with van der Waals surface area (Å²) in [6, 6.07) is 1.43. The van der Waals surface area contributed by atoms with Gasteiger partial charge >= 0.3 is 0 Å². The number of allylic oxidation sites excluding steroid dienone is 1. The number of rotatable bonds is 3. The zero-order valence-electron chi connectivity index (χ0n) is 4.41. The lowest BCUT2D eigenvalue weighted by atomic mass is 10.5. The molecule has 0 unspecified atom stereocenters. The van der Waals surface area contributed by atoms with Crippen LogP contribution in [0.25, 0.3) is 0 Å². The first-order chi connectivity index (χ1) is 2.91. The van der Waals surface area contributed by atoms with E-state index in [1.807, 2.05) is 6.08 Å². The van der Waals surface area contributed by atoms with Gasteiger partial charge in [-0.25, -0.2) is 0 Å². The molecule has 0 rings (SSSR count). The van der Waals surface area contributed by atoms with Crippen LogP contribution in [0.4, 0.5) is 0 Å². The summed E-state index contributed by atoms with van der Waals surface area (Å²) in [5, 5.41) is 0. The fraction of sp³-hybridized carbons (Fsp3) is 0.600. The van der Waals surface area contributed by atoms with Crippen LogP contribution in [0, 0.1) is 0 Å². The van der Waals surface area contributed by atoms with Crippen molar-refractivity contribution in [3.8, 4) is 0 Å². The van der Waals surface area contributed by atoms with E-state index in [9.17, 15) is 0 Å². The van der Waals surface area contributed by atoms with E-state index in [0.29, 0.717) is 9.52 Å². The molecule has 0 nitrogen and oxygen atoms in total. The minimum atomic E-state index is 0.332. The predicted octanol–water partition coefficient (Wildman–Crippen LogP) is 1.20. The van der Waals surface area contributed by atoms with Gasteiger partial charge in [-0.2, -0.15) is 0 Å². The lowest BCUT2D eigenvalue weighted by molar-refractivity contribution is 1.21. The highest BCUT2D eigenvalue weighted by Crippen LogP contribution is 1.85. The summed E-state index contributed by atoms with van der Waals surface area (Å²) < 4.78 is 0. The zero-order valence-corrected chi connectivity index (χ0v) is 5.82. The SMILES string of the molecule is C=CCC[SiH2]C. The van der Waals surface area contributed by atoms with Crippen molar-refractivity contribution in [2.75, 3.05) is 0 Å². The Morgan fingerprint density at radius 2 is 2.50 bits per heavy atom. The van der Waals surface area contributed by atoms with Crippen LogP contribution in [0.1, 0.15) is 6.42 Å². The van der Waals surface area contributed by atoms with Crippen molar-refractivity contribution in [2.45, 2.75) is 19.0 Å². The average Bonchev–Trinajstić information content (AvgIpc) is 1.61. The molecule has 0 saturated heterocycles. The Bertz CT molecular complexity index is 32.9. The van der Waals surface area contributed by atoms with Crippen LogP contribution in [0.15, 0.2) is 12.7 Å². The minimum Gasteiger partial charge on any atom is -0.103 e. The third kappa shape index (κ3) is 3.96. The summed E-state index contributed by atoms with van der Waals surface area (Å²) in [5.41, 5.74) is 0. The molecule has 1 heteroatoms. The average molecular weight is 100 g/mol. The molecule has 0 aliphatic rings. The summed E-state index contributed by atoms with van der Waals surface area (Å²) in [6.07, 6.45) is 3.24. The van der Waals surface area contributed by atoms with Crippen molar-refractivity contribution >= 4 is 9.52 Å². The molecule has 36 valence electrons. The first-order valence-corrected chi connectivity index (χ1v) is 4.94. The molecular weight excluding hydrogens is 88.1 g/mol. The molecule has 0 radical (unpaired) electrons. The third-order valence-electron chi connectivity index (χ3n) is 0.762. The Labute approximate surface area is 42.1 Å². The predicted molar refractivity (Wildman–Crippen MR) is 34.0 cm³/mol. The minimum absolute atomic E-state index is 0.332. The summed E-state index contributed by atoms with van der Waals surface area (Å²) in [6.45, 7) is 5.94. The van der Waals surface area contributed by atoms with Crippen LogP contribution >= 0.6 is 0 Å². The van der Waals surface area contributed by atoms with E-state index < -0.39 is 0 Å². The van der Waals surface area contributed by atoms with Crippen molar-refractivity contribution in [2.24, 2.45) is 0 Å². The van der Waals surface area contributed by atoms with Crippen molar-refractivity contribution < 1.29 is 0 Å². The Morgan fingerprint density at radius 3 is 2.67 bits per heavy atom. The molecule has 0 amide bonds. The van der Waals surface area contributed by atoms with E-state index in [0.717, 1.165) is 0 Å². The summed E-state index contributed by atoms with van der Waals surface area (Å²) >= 11 is 0. The first kappa shape index (κ1) is 5.96. The van der Waals surface area contributed by atoms with Gasteiger partial charge in [-0.3, -0.25) is 0 Å². The molecule has 0 bridgehead atoms. The summed E-state index contributed by atoms with van der Waals surface area (Å²) in [5.74, 6) is 0. The van der Waals surface area contributed by atoms with Gasteiger partial charge < -0.3 is 0 Å². The van der Waals surface area contributed by atoms with E-state index in [2.05, 4.69) is 13.1 Å². The Kier molecular flexibility index (Phi) is 4.92. The van der Waals surface area contributed by atoms with Gasteiger partial charge in [0.2, 0.25) is 0 Å². The van der Waals surface area contributed by atoms with Gasteiger partial charge in [0.25, 0.3) is 0 Å². The van der Waals surface area contributed by atoms with Gasteiger partial charge in [0.05, 0.1) is 0 Å². The van der Waals surface area contributed by atoms with Crippen molar-refractivity contribution in [3.05, 3.63) is 12.7 Å². The van der Waals surface area contributed by atoms with Gasteiger partial charge in [-0.05, 0) is 6.42 Å². The standard InChI is InChI=1S/C5H12Si/c1-3-4-5-6-2/h3H,1,4-6H2,2H3. The highest BCUT2D eigenvalue weighted by Gasteiger charge is 1.72. The number of hydrogen-bond acceptors (Lipinski definition) is 0. The van der Waals surface area contributed by atoms with Gasteiger partial charge in [0.15, 0.2) is 0 Å². The normalized spacial score (nSPS) is 10.2. The molecule has 0 N–H and O–H groups in total. The van der Waals surface area contributed by atoms with Crippen LogP contribution in [0.3, 0.4) is 0 Å². The second kappa shape index (κ2) is 4.96. The maximum atomic E-state index is 3.62. The fourth-order valence-corrected chi connectivity index (χ4v) is 1.05. The largest absolute Gasteiger partial charge is 0.103 e. The van der Waals surface area contributed by atoms with Crippen LogP contribution in [0.5, 0.6) is 0 Å². The molecule has 0 aliphatic heterocycles. The molecule has 0 atom stereocenters. The molecule has 6 heavy (non-hydrogen) atoms. The van der Waals surface area contributed by atoms with Crippen molar-refractivity contribution in [1.82, 2.24) is 0 Å². The summed E-state index contributed by atoms with van der Waals surface area (Å²) in [7, 11) is 0.332. The molecule has 0 fully saturated rings. The van der Waals surface area contributed by atoms with Crippen LogP contribution in [-0.4, -0.2) is 9.52 Å². The van der Waals surface area contributed by atoms with Gasteiger partial charge in [0, 0.05) is 9.52 Å². The monoisotopic (exact) mass is 100 g/mol. The quantitative estimate of drug-likeness (QED) is 0.284. The van der Waals surface area contributed by atoms with Crippen LogP contribution < -0.4 is 0 Å². The van der Waals surface area contributed by atoms with E-state index in [-0.39, 0.29) is 0 Å². The second-order valence-electron chi connectivity index (χ2n) is 1.43. The highest BCUT2D eigenvalue weighted by molar-refractivity contribution is 6.33. The Hall–Kier alpha value is -0.0431. The lowest BCUT2D eigenvalue weighted by Crippen LogP contribution is -1.74.